The average Bonchev–Trinajstić information content (AvgIpc) is 2.65. The Morgan fingerprint density at radius 1 is 1.19 bits per heavy atom. The summed E-state index contributed by atoms with van der Waals surface area (Å²) in [5.74, 6) is -0.0899. The minimum atomic E-state index is -0.108. The lowest BCUT2D eigenvalue weighted by atomic mass is 10.2. The molecular weight excluding hydrogens is 328 g/mol. The van der Waals surface area contributed by atoms with Gasteiger partial charge in [0.1, 0.15) is 5.65 Å². The summed E-state index contributed by atoms with van der Waals surface area (Å²) in [6.45, 7) is 5.00. The first-order valence-electron chi connectivity index (χ1n) is 8.68. The molecule has 0 saturated carbocycles. The minimum absolute atomic E-state index is 0.0899. The molecule has 26 heavy (non-hydrogen) atoms. The lowest BCUT2D eigenvalue weighted by molar-refractivity contribution is 0.0953. The van der Waals surface area contributed by atoms with E-state index in [9.17, 15) is 9.59 Å². The summed E-state index contributed by atoms with van der Waals surface area (Å²) in [6, 6.07) is 12.6. The van der Waals surface area contributed by atoms with Crippen LogP contribution in [-0.2, 0) is 6.54 Å². The van der Waals surface area contributed by atoms with Crippen LogP contribution in [-0.4, -0.2) is 21.8 Å². The fourth-order valence-corrected chi connectivity index (χ4v) is 2.65. The minimum Gasteiger partial charge on any atom is -0.379 e. The molecule has 6 heteroatoms. The standard InChI is InChI=1S/C20H22N4O2/c1-3-9-21-20(26)15-5-4-6-16(10-15)22-12-17-11-19(25)24-13-14(2)7-8-18(24)23-17/h4-8,10-11,13,22H,3,9,12H2,1-2H3,(H,21,26). The van der Waals surface area contributed by atoms with E-state index in [-0.39, 0.29) is 11.5 Å². The lowest BCUT2D eigenvalue weighted by Crippen LogP contribution is -2.24. The number of aromatic nitrogens is 2. The van der Waals surface area contributed by atoms with Crippen molar-refractivity contribution in [2.45, 2.75) is 26.8 Å². The van der Waals surface area contributed by atoms with Crippen molar-refractivity contribution in [3.63, 3.8) is 0 Å². The van der Waals surface area contributed by atoms with Crippen LogP contribution in [0.25, 0.3) is 5.65 Å². The van der Waals surface area contributed by atoms with Crippen LogP contribution in [0.5, 0.6) is 0 Å². The molecular formula is C20H22N4O2. The quantitative estimate of drug-likeness (QED) is 0.717. The molecule has 2 aromatic heterocycles. The SMILES string of the molecule is CCCNC(=O)c1cccc(NCc2cc(=O)n3cc(C)ccc3n2)c1. The highest BCUT2D eigenvalue weighted by Crippen LogP contribution is 2.12. The van der Waals surface area contributed by atoms with Crippen LogP contribution in [0.2, 0.25) is 0 Å². The number of hydrogen-bond donors (Lipinski definition) is 2. The Morgan fingerprint density at radius 3 is 2.85 bits per heavy atom. The predicted molar refractivity (Wildman–Crippen MR) is 103 cm³/mol. The number of anilines is 1. The third kappa shape index (κ3) is 4.08. The maximum Gasteiger partial charge on any atom is 0.258 e. The molecule has 0 saturated heterocycles. The van der Waals surface area contributed by atoms with Gasteiger partial charge in [0.2, 0.25) is 0 Å². The Kier molecular flexibility index (Phi) is 5.31. The number of pyridine rings is 1. The van der Waals surface area contributed by atoms with Gasteiger partial charge in [-0.2, -0.15) is 0 Å². The van der Waals surface area contributed by atoms with Crippen LogP contribution in [0.15, 0.2) is 53.5 Å². The van der Waals surface area contributed by atoms with Crippen molar-refractivity contribution in [3.8, 4) is 0 Å². The van der Waals surface area contributed by atoms with E-state index in [1.54, 1.807) is 18.3 Å². The number of aryl methyl sites for hydroxylation is 1. The molecule has 3 rings (SSSR count). The van der Waals surface area contributed by atoms with Crippen molar-refractivity contribution >= 4 is 17.2 Å². The van der Waals surface area contributed by atoms with Gasteiger partial charge in [0.25, 0.3) is 11.5 Å². The van der Waals surface area contributed by atoms with Crippen LogP contribution < -0.4 is 16.2 Å². The van der Waals surface area contributed by atoms with Crippen molar-refractivity contribution in [2.24, 2.45) is 0 Å². The summed E-state index contributed by atoms with van der Waals surface area (Å²) >= 11 is 0. The molecule has 0 aliphatic carbocycles. The summed E-state index contributed by atoms with van der Waals surface area (Å²) in [5, 5.41) is 6.08. The number of fused-ring (bicyclic) bond motifs is 1. The van der Waals surface area contributed by atoms with E-state index in [2.05, 4.69) is 15.6 Å². The normalized spacial score (nSPS) is 10.7. The molecule has 0 radical (unpaired) electrons. The van der Waals surface area contributed by atoms with Crippen LogP contribution in [0.3, 0.4) is 0 Å². The molecule has 2 N–H and O–H groups in total. The molecule has 1 amide bonds. The summed E-state index contributed by atoms with van der Waals surface area (Å²) in [5.41, 5.74) is 3.58. The van der Waals surface area contributed by atoms with Gasteiger partial charge in [-0.05, 0) is 43.2 Å². The Balaban J connectivity index is 1.75. The van der Waals surface area contributed by atoms with E-state index in [0.717, 1.165) is 17.7 Å². The zero-order valence-corrected chi connectivity index (χ0v) is 15.0. The van der Waals surface area contributed by atoms with Gasteiger partial charge in [-0.1, -0.05) is 19.1 Å². The molecule has 0 bridgehead atoms. The van der Waals surface area contributed by atoms with Gasteiger partial charge in [0.05, 0.1) is 12.2 Å². The molecule has 0 unspecified atom stereocenters. The molecule has 2 heterocycles. The molecule has 0 atom stereocenters. The third-order valence-corrected chi connectivity index (χ3v) is 3.99. The summed E-state index contributed by atoms with van der Waals surface area (Å²) < 4.78 is 1.54. The van der Waals surface area contributed by atoms with Gasteiger partial charge >= 0.3 is 0 Å². The Labute approximate surface area is 151 Å². The summed E-state index contributed by atoms with van der Waals surface area (Å²) in [4.78, 5) is 28.8. The summed E-state index contributed by atoms with van der Waals surface area (Å²) in [7, 11) is 0. The summed E-state index contributed by atoms with van der Waals surface area (Å²) in [6.07, 6.45) is 2.67. The molecule has 0 fully saturated rings. The monoisotopic (exact) mass is 350 g/mol. The van der Waals surface area contributed by atoms with Gasteiger partial charge in [-0.15, -0.1) is 0 Å². The first kappa shape index (κ1) is 17.7. The average molecular weight is 350 g/mol. The number of hydrogen-bond acceptors (Lipinski definition) is 4. The first-order chi connectivity index (χ1) is 12.6. The second-order valence-corrected chi connectivity index (χ2v) is 6.21. The maximum absolute atomic E-state index is 12.2. The van der Waals surface area contributed by atoms with E-state index in [1.165, 1.54) is 10.5 Å². The van der Waals surface area contributed by atoms with Gasteiger partial charge in [-0.25, -0.2) is 4.98 Å². The highest BCUT2D eigenvalue weighted by Gasteiger charge is 2.06. The molecule has 0 spiro atoms. The number of carbonyl (C=O) groups excluding carboxylic acids is 1. The zero-order valence-electron chi connectivity index (χ0n) is 15.0. The van der Waals surface area contributed by atoms with E-state index in [0.29, 0.717) is 30.0 Å². The topological polar surface area (TPSA) is 75.5 Å². The van der Waals surface area contributed by atoms with Gasteiger partial charge in [0.15, 0.2) is 0 Å². The highest BCUT2D eigenvalue weighted by atomic mass is 16.1. The van der Waals surface area contributed by atoms with Crippen LogP contribution in [0.1, 0.15) is 35.0 Å². The second kappa shape index (κ2) is 7.82. The van der Waals surface area contributed by atoms with Gasteiger partial charge < -0.3 is 10.6 Å². The Bertz CT molecular complexity index is 995. The van der Waals surface area contributed by atoms with Crippen LogP contribution in [0, 0.1) is 6.92 Å². The molecule has 0 aliphatic heterocycles. The van der Waals surface area contributed by atoms with Crippen molar-refractivity contribution < 1.29 is 4.79 Å². The Hall–Kier alpha value is -3.15. The van der Waals surface area contributed by atoms with E-state index >= 15 is 0 Å². The first-order valence-corrected chi connectivity index (χ1v) is 8.68. The van der Waals surface area contributed by atoms with Crippen LogP contribution in [0.4, 0.5) is 5.69 Å². The lowest BCUT2D eigenvalue weighted by Gasteiger charge is -2.09. The molecule has 1 aromatic carbocycles. The number of benzene rings is 1. The van der Waals surface area contributed by atoms with Crippen molar-refractivity contribution in [2.75, 3.05) is 11.9 Å². The highest BCUT2D eigenvalue weighted by molar-refractivity contribution is 5.95. The number of carbonyl (C=O) groups is 1. The zero-order chi connectivity index (χ0) is 18.5. The number of nitrogens with zero attached hydrogens (tertiary/aromatic N) is 2. The van der Waals surface area contributed by atoms with Crippen LogP contribution >= 0.6 is 0 Å². The number of nitrogens with one attached hydrogen (secondary N) is 2. The largest absolute Gasteiger partial charge is 0.379 e. The predicted octanol–water partition coefficient (Wildman–Crippen LogP) is 2.75. The maximum atomic E-state index is 12.2. The van der Waals surface area contributed by atoms with Gasteiger partial charge in [0, 0.05) is 30.1 Å². The van der Waals surface area contributed by atoms with Crippen molar-refractivity contribution in [3.05, 3.63) is 75.8 Å². The third-order valence-electron chi connectivity index (χ3n) is 3.99. The fraction of sp³-hybridized carbons (Fsp3) is 0.250. The van der Waals surface area contributed by atoms with Crippen molar-refractivity contribution in [1.82, 2.24) is 14.7 Å². The van der Waals surface area contributed by atoms with Gasteiger partial charge in [-0.3, -0.25) is 14.0 Å². The Morgan fingerprint density at radius 2 is 2.04 bits per heavy atom. The van der Waals surface area contributed by atoms with E-state index < -0.39 is 0 Å². The van der Waals surface area contributed by atoms with E-state index in [1.807, 2.05) is 38.1 Å². The van der Waals surface area contributed by atoms with Crippen molar-refractivity contribution in [1.29, 1.82) is 0 Å². The smallest absolute Gasteiger partial charge is 0.258 e. The van der Waals surface area contributed by atoms with E-state index in [4.69, 9.17) is 0 Å². The molecule has 6 nitrogen and oxygen atoms in total. The molecule has 134 valence electrons. The molecule has 0 aliphatic rings. The fourth-order valence-electron chi connectivity index (χ4n) is 2.65. The number of amides is 1. The number of rotatable bonds is 6. The molecule has 3 aromatic rings. The second-order valence-electron chi connectivity index (χ2n) is 6.21.